The Labute approximate surface area is 150 Å². The van der Waals surface area contributed by atoms with E-state index in [9.17, 15) is 10.1 Å². The molecule has 0 fully saturated rings. The van der Waals surface area contributed by atoms with Gasteiger partial charge in [0.15, 0.2) is 0 Å². The van der Waals surface area contributed by atoms with Gasteiger partial charge in [-0.2, -0.15) is 5.26 Å². The molecule has 0 aliphatic heterocycles. The Bertz CT molecular complexity index is 905. The number of nitrogens with zero attached hydrogens (tertiary/aromatic N) is 1. The van der Waals surface area contributed by atoms with Crippen molar-refractivity contribution in [3.63, 3.8) is 0 Å². The Morgan fingerprint density at radius 1 is 1.04 bits per heavy atom. The molecule has 4 heteroatoms. The van der Waals surface area contributed by atoms with Gasteiger partial charge >= 0.3 is 5.97 Å². The number of allylic oxidation sites excluding steroid dienone is 1. The van der Waals surface area contributed by atoms with E-state index < -0.39 is 0 Å². The van der Waals surface area contributed by atoms with Gasteiger partial charge in [-0.3, -0.25) is 4.79 Å². The van der Waals surface area contributed by atoms with Crippen LogP contribution in [0.4, 0.5) is 0 Å². The molecular weight excluding hydrogens is 330 g/mol. The van der Waals surface area contributed by atoms with Crippen molar-refractivity contribution in [3.05, 3.63) is 88.1 Å². The monoisotopic (exact) mass is 345 g/mol. The van der Waals surface area contributed by atoms with Gasteiger partial charge in [-0.05, 0) is 40.8 Å². The second-order valence-corrected chi connectivity index (χ2v) is 6.37. The summed E-state index contributed by atoms with van der Waals surface area (Å²) in [5.74, 6) is 0.213. The van der Waals surface area contributed by atoms with Crippen molar-refractivity contribution in [3.8, 4) is 11.8 Å². The number of carbonyl (C=O) groups excluding carboxylic acids is 1. The summed E-state index contributed by atoms with van der Waals surface area (Å²) in [6, 6.07) is 22.7. The quantitative estimate of drug-likeness (QED) is 0.284. The predicted molar refractivity (Wildman–Crippen MR) is 100 cm³/mol. The molecular formula is C21H15NO2S. The lowest BCUT2D eigenvalue weighted by Crippen LogP contribution is -2.10. The van der Waals surface area contributed by atoms with E-state index in [1.165, 1.54) is 11.3 Å². The molecule has 0 radical (unpaired) electrons. The van der Waals surface area contributed by atoms with E-state index in [1.54, 1.807) is 12.1 Å². The first-order valence-corrected chi connectivity index (χ1v) is 8.63. The third-order valence-corrected chi connectivity index (χ3v) is 4.40. The Morgan fingerprint density at radius 3 is 2.44 bits per heavy atom. The Balaban J connectivity index is 1.68. The second kappa shape index (κ2) is 8.09. The number of rotatable bonds is 5. The molecule has 0 saturated carbocycles. The Kier molecular flexibility index (Phi) is 5.40. The van der Waals surface area contributed by atoms with Crippen molar-refractivity contribution >= 4 is 29.0 Å². The van der Waals surface area contributed by atoms with E-state index >= 15 is 0 Å². The number of benzene rings is 2. The van der Waals surface area contributed by atoms with Crippen LogP contribution in [-0.2, 0) is 11.2 Å². The molecule has 0 saturated heterocycles. The van der Waals surface area contributed by atoms with Crippen LogP contribution in [0.3, 0.4) is 0 Å². The van der Waals surface area contributed by atoms with Crippen LogP contribution in [0.2, 0.25) is 0 Å². The predicted octanol–water partition coefficient (Wildman–Crippen LogP) is 4.96. The zero-order valence-corrected chi connectivity index (χ0v) is 14.2. The van der Waals surface area contributed by atoms with Crippen molar-refractivity contribution in [2.45, 2.75) is 6.42 Å². The fraction of sp³-hybridized carbons (Fsp3) is 0.0476. The molecule has 25 heavy (non-hydrogen) atoms. The van der Waals surface area contributed by atoms with E-state index in [0.717, 1.165) is 16.0 Å². The normalized spacial score (nSPS) is 10.9. The van der Waals surface area contributed by atoms with Gasteiger partial charge in [-0.15, -0.1) is 11.3 Å². The average molecular weight is 345 g/mol. The van der Waals surface area contributed by atoms with Gasteiger partial charge in [0, 0.05) is 4.88 Å². The van der Waals surface area contributed by atoms with Crippen molar-refractivity contribution in [2.75, 3.05) is 0 Å². The highest BCUT2D eigenvalue weighted by Crippen LogP contribution is 2.20. The summed E-state index contributed by atoms with van der Waals surface area (Å²) in [6.45, 7) is 0. The van der Waals surface area contributed by atoms with Crippen molar-refractivity contribution in [2.24, 2.45) is 0 Å². The number of thiophene rings is 1. The molecule has 0 bridgehead atoms. The van der Waals surface area contributed by atoms with Crippen LogP contribution >= 0.6 is 11.3 Å². The fourth-order valence-corrected chi connectivity index (χ4v) is 3.01. The summed E-state index contributed by atoms with van der Waals surface area (Å²) in [5, 5.41) is 11.3. The molecule has 0 atom stereocenters. The minimum Gasteiger partial charge on any atom is -0.426 e. The van der Waals surface area contributed by atoms with Crippen molar-refractivity contribution < 1.29 is 9.53 Å². The molecule has 0 N–H and O–H groups in total. The van der Waals surface area contributed by atoms with Crippen LogP contribution in [0.1, 0.15) is 16.0 Å². The van der Waals surface area contributed by atoms with Gasteiger partial charge < -0.3 is 4.74 Å². The largest absolute Gasteiger partial charge is 0.426 e. The topological polar surface area (TPSA) is 50.1 Å². The van der Waals surface area contributed by atoms with Gasteiger partial charge in [-0.1, -0.05) is 48.5 Å². The summed E-state index contributed by atoms with van der Waals surface area (Å²) in [7, 11) is 0. The smallest absolute Gasteiger partial charge is 0.316 e. The summed E-state index contributed by atoms with van der Waals surface area (Å²) >= 11 is 1.53. The lowest BCUT2D eigenvalue weighted by atomic mass is 10.0. The van der Waals surface area contributed by atoms with Crippen LogP contribution in [-0.4, -0.2) is 5.97 Å². The SMILES string of the molecule is N#C/C(=C/c1ccc(OC(=O)Cc2cccs2)cc1)c1ccccc1. The minimum absolute atomic E-state index is 0.270. The maximum atomic E-state index is 11.9. The van der Waals surface area contributed by atoms with E-state index in [0.29, 0.717) is 11.3 Å². The number of esters is 1. The summed E-state index contributed by atoms with van der Waals surface area (Å²) in [4.78, 5) is 12.9. The van der Waals surface area contributed by atoms with Crippen LogP contribution in [0.15, 0.2) is 72.1 Å². The maximum absolute atomic E-state index is 11.9. The standard InChI is InChI=1S/C21H15NO2S/c22-15-18(17-5-2-1-3-6-17)13-16-8-10-19(11-9-16)24-21(23)14-20-7-4-12-25-20/h1-13H,14H2/b18-13-. The van der Waals surface area contributed by atoms with Crippen LogP contribution in [0.25, 0.3) is 11.6 Å². The Morgan fingerprint density at radius 2 is 1.80 bits per heavy atom. The number of hydrogen-bond donors (Lipinski definition) is 0. The minimum atomic E-state index is -0.284. The van der Waals surface area contributed by atoms with Gasteiger partial charge in [0.25, 0.3) is 0 Å². The summed E-state index contributed by atoms with van der Waals surface area (Å²) in [5.41, 5.74) is 2.33. The molecule has 1 aromatic heterocycles. The fourth-order valence-electron chi connectivity index (χ4n) is 2.32. The van der Waals surface area contributed by atoms with Crippen molar-refractivity contribution in [1.82, 2.24) is 0 Å². The molecule has 0 amide bonds. The number of carbonyl (C=O) groups is 1. The molecule has 0 unspecified atom stereocenters. The first-order valence-electron chi connectivity index (χ1n) is 7.75. The number of nitriles is 1. The van der Waals surface area contributed by atoms with Crippen LogP contribution < -0.4 is 4.74 Å². The average Bonchev–Trinajstić information content (AvgIpc) is 3.14. The molecule has 3 aromatic rings. The van der Waals surface area contributed by atoms with Crippen molar-refractivity contribution in [1.29, 1.82) is 5.26 Å². The van der Waals surface area contributed by atoms with Gasteiger partial charge in [-0.25, -0.2) is 0 Å². The van der Waals surface area contributed by atoms with E-state index in [1.807, 2.05) is 66.1 Å². The summed E-state index contributed by atoms with van der Waals surface area (Å²) < 4.78 is 5.34. The molecule has 0 aliphatic carbocycles. The second-order valence-electron chi connectivity index (χ2n) is 5.34. The zero-order chi connectivity index (χ0) is 17.5. The van der Waals surface area contributed by atoms with Gasteiger partial charge in [0.1, 0.15) is 5.75 Å². The molecule has 122 valence electrons. The maximum Gasteiger partial charge on any atom is 0.316 e. The molecule has 2 aromatic carbocycles. The summed E-state index contributed by atoms with van der Waals surface area (Å²) in [6.07, 6.45) is 2.08. The van der Waals surface area contributed by atoms with E-state index in [-0.39, 0.29) is 12.4 Å². The third kappa shape index (κ3) is 4.66. The van der Waals surface area contributed by atoms with Crippen LogP contribution in [0, 0.1) is 11.3 Å². The third-order valence-electron chi connectivity index (χ3n) is 3.53. The van der Waals surface area contributed by atoms with E-state index in [2.05, 4.69) is 6.07 Å². The lowest BCUT2D eigenvalue weighted by Gasteiger charge is -2.04. The molecule has 3 rings (SSSR count). The Hall–Kier alpha value is -3.16. The van der Waals surface area contributed by atoms with Gasteiger partial charge in [0.05, 0.1) is 18.1 Å². The molecule has 3 nitrogen and oxygen atoms in total. The van der Waals surface area contributed by atoms with Gasteiger partial charge in [0.2, 0.25) is 0 Å². The zero-order valence-electron chi connectivity index (χ0n) is 13.4. The highest BCUT2D eigenvalue weighted by atomic mass is 32.1. The highest BCUT2D eigenvalue weighted by Gasteiger charge is 2.07. The molecule has 1 heterocycles. The molecule has 0 aliphatic rings. The van der Waals surface area contributed by atoms with E-state index in [4.69, 9.17) is 4.74 Å². The van der Waals surface area contributed by atoms with Crippen LogP contribution in [0.5, 0.6) is 5.75 Å². The first-order chi connectivity index (χ1) is 12.2. The lowest BCUT2D eigenvalue weighted by molar-refractivity contribution is -0.133. The number of ether oxygens (including phenoxy) is 1. The first kappa shape index (κ1) is 16.7. The number of hydrogen-bond acceptors (Lipinski definition) is 4. The molecule has 0 spiro atoms. The highest BCUT2D eigenvalue weighted by molar-refractivity contribution is 7.10.